The van der Waals surface area contributed by atoms with Gasteiger partial charge in [0.15, 0.2) is 0 Å². The molecular formula is C12H26N2. The molecule has 0 aromatic rings. The Morgan fingerprint density at radius 1 is 1.21 bits per heavy atom. The van der Waals surface area contributed by atoms with Crippen molar-refractivity contribution in [3.05, 3.63) is 0 Å². The fourth-order valence-corrected chi connectivity index (χ4v) is 2.77. The Hall–Kier alpha value is -0.0800. The number of hydrogen-bond donors (Lipinski definition) is 0. The zero-order chi connectivity index (χ0) is 11.1. The molecule has 1 aliphatic rings. The molecule has 0 N–H and O–H groups in total. The van der Waals surface area contributed by atoms with Crippen molar-refractivity contribution in [3.8, 4) is 0 Å². The van der Waals surface area contributed by atoms with Gasteiger partial charge in [0, 0.05) is 17.6 Å². The summed E-state index contributed by atoms with van der Waals surface area (Å²) in [7, 11) is 6.60. The van der Waals surface area contributed by atoms with Crippen LogP contribution in [0.5, 0.6) is 0 Å². The first-order valence-electron chi connectivity index (χ1n) is 5.56. The molecule has 0 radical (unpaired) electrons. The van der Waals surface area contributed by atoms with Crippen LogP contribution in [-0.4, -0.2) is 48.6 Å². The fourth-order valence-electron chi connectivity index (χ4n) is 2.77. The topological polar surface area (TPSA) is 6.48 Å². The Kier molecular flexibility index (Phi) is 2.99. The van der Waals surface area contributed by atoms with Crippen molar-refractivity contribution in [3.63, 3.8) is 0 Å². The summed E-state index contributed by atoms with van der Waals surface area (Å²) in [5, 5.41) is 0. The van der Waals surface area contributed by atoms with Crippen LogP contribution in [0, 0.1) is 5.92 Å². The minimum absolute atomic E-state index is 0.327. The summed E-state index contributed by atoms with van der Waals surface area (Å²) < 4.78 is 0. The van der Waals surface area contributed by atoms with E-state index in [4.69, 9.17) is 0 Å². The van der Waals surface area contributed by atoms with Gasteiger partial charge in [-0.3, -0.25) is 4.90 Å². The second kappa shape index (κ2) is 3.49. The van der Waals surface area contributed by atoms with E-state index in [0.717, 1.165) is 5.92 Å². The summed E-state index contributed by atoms with van der Waals surface area (Å²) >= 11 is 0. The van der Waals surface area contributed by atoms with Gasteiger partial charge in [-0.05, 0) is 61.2 Å². The van der Waals surface area contributed by atoms with Crippen LogP contribution in [0.25, 0.3) is 0 Å². The lowest BCUT2D eigenvalue weighted by Gasteiger charge is -2.39. The van der Waals surface area contributed by atoms with Crippen LogP contribution in [0.3, 0.4) is 0 Å². The monoisotopic (exact) mass is 198 g/mol. The third kappa shape index (κ3) is 1.96. The maximum Gasteiger partial charge on any atom is 0.0196 e. The predicted molar refractivity (Wildman–Crippen MR) is 62.6 cm³/mol. The van der Waals surface area contributed by atoms with E-state index in [9.17, 15) is 0 Å². The Bertz CT molecular complexity index is 206. The maximum atomic E-state index is 2.54. The molecule has 1 atom stereocenters. The van der Waals surface area contributed by atoms with Crippen LogP contribution in [0.2, 0.25) is 0 Å². The molecule has 0 bridgehead atoms. The van der Waals surface area contributed by atoms with Gasteiger partial charge in [-0.15, -0.1) is 0 Å². The lowest BCUT2D eigenvalue weighted by molar-refractivity contribution is 0.0937. The van der Waals surface area contributed by atoms with E-state index in [1.165, 1.54) is 13.0 Å². The van der Waals surface area contributed by atoms with Crippen molar-refractivity contribution in [2.45, 2.75) is 45.2 Å². The lowest BCUT2D eigenvalue weighted by Crippen LogP contribution is -2.47. The Balaban J connectivity index is 2.80. The Labute approximate surface area is 89.3 Å². The largest absolute Gasteiger partial charge is 0.309 e. The molecule has 1 saturated heterocycles. The van der Waals surface area contributed by atoms with E-state index < -0.39 is 0 Å². The van der Waals surface area contributed by atoms with Gasteiger partial charge in [-0.1, -0.05) is 0 Å². The second-order valence-electron chi connectivity index (χ2n) is 6.19. The molecule has 0 aliphatic carbocycles. The van der Waals surface area contributed by atoms with Crippen molar-refractivity contribution in [2.24, 2.45) is 5.92 Å². The minimum atomic E-state index is 0.327. The number of nitrogens with zero attached hydrogens (tertiary/aromatic N) is 2. The smallest absolute Gasteiger partial charge is 0.0196 e. The summed E-state index contributed by atoms with van der Waals surface area (Å²) in [6.07, 6.45) is 1.30. The van der Waals surface area contributed by atoms with Crippen LogP contribution >= 0.6 is 0 Å². The molecule has 0 spiro atoms. The highest BCUT2D eigenvalue weighted by Crippen LogP contribution is 2.43. The first-order valence-corrected chi connectivity index (χ1v) is 5.56. The van der Waals surface area contributed by atoms with Crippen molar-refractivity contribution < 1.29 is 0 Å². The predicted octanol–water partition coefficient (Wildman–Crippen LogP) is 2.06. The van der Waals surface area contributed by atoms with E-state index in [1.807, 2.05) is 0 Å². The number of hydrogen-bond acceptors (Lipinski definition) is 2. The van der Waals surface area contributed by atoms with Gasteiger partial charge < -0.3 is 4.90 Å². The van der Waals surface area contributed by atoms with Crippen molar-refractivity contribution >= 4 is 0 Å². The van der Waals surface area contributed by atoms with E-state index in [-0.39, 0.29) is 0 Å². The molecule has 1 rings (SSSR count). The molecule has 2 nitrogen and oxygen atoms in total. The van der Waals surface area contributed by atoms with Gasteiger partial charge in [0.2, 0.25) is 0 Å². The molecule has 2 heteroatoms. The van der Waals surface area contributed by atoms with Crippen LogP contribution in [0.1, 0.15) is 34.1 Å². The highest BCUT2D eigenvalue weighted by Gasteiger charge is 2.48. The first kappa shape index (κ1) is 12.0. The molecule has 0 aromatic heterocycles. The number of likely N-dealkylation sites (tertiary alicyclic amines) is 1. The minimum Gasteiger partial charge on any atom is -0.309 e. The molecule has 0 amide bonds. The summed E-state index contributed by atoms with van der Waals surface area (Å²) in [5.74, 6) is 0.775. The normalized spacial score (nSPS) is 31.3. The molecule has 1 unspecified atom stereocenters. The van der Waals surface area contributed by atoms with E-state index in [2.05, 4.69) is 58.6 Å². The molecule has 1 heterocycles. The van der Waals surface area contributed by atoms with E-state index in [0.29, 0.717) is 11.1 Å². The SMILES string of the molecule is CN(C)CC1CC(C)(C)N(C)C1(C)C. The van der Waals surface area contributed by atoms with Gasteiger partial charge >= 0.3 is 0 Å². The molecule has 0 aromatic carbocycles. The van der Waals surface area contributed by atoms with Crippen molar-refractivity contribution in [1.82, 2.24) is 9.80 Å². The molecule has 1 fully saturated rings. The highest BCUT2D eigenvalue weighted by atomic mass is 15.3. The lowest BCUT2D eigenvalue weighted by atomic mass is 9.86. The highest BCUT2D eigenvalue weighted by molar-refractivity contribution is 5.04. The van der Waals surface area contributed by atoms with Gasteiger partial charge in [0.1, 0.15) is 0 Å². The standard InChI is InChI=1S/C12H26N2/c1-11(2)8-10(9-13(5)6)12(3,4)14(11)7/h10H,8-9H2,1-7H3. The molecule has 14 heavy (non-hydrogen) atoms. The summed E-state index contributed by atoms with van der Waals surface area (Å²) in [6.45, 7) is 10.6. The van der Waals surface area contributed by atoms with Crippen molar-refractivity contribution in [2.75, 3.05) is 27.7 Å². The average Bonchev–Trinajstić information content (AvgIpc) is 2.12. The van der Waals surface area contributed by atoms with Crippen LogP contribution in [-0.2, 0) is 0 Å². The van der Waals surface area contributed by atoms with Crippen LogP contribution in [0.4, 0.5) is 0 Å². The maximum absolute atomic E-state index is 2.54. The Morgan fingerprint density at radius 3 is 2.00 bits per heavy atom. The zero-order valence-electron chi connectivity index (χ0n) is 10.9. The third-order valence-electron chi connectivity index (χ3n) is 4.10. The average molecular weight is 198 g/mol. The summed E-state index contributed by atoms with van der Waals surface area (Å²) in [5.41, 5.74) is 0.679. The first-order chi connectivity index (χ1) is 6.18. The third-order valence-corrected chi connectivity index (χ3v) is 4.10. The molecule has 84 valence electrons. The summed E-state index contributed by atoms with van der Waals surface area (Å²) in [6, 6.07) is 0. The van der Waals surface area contributed by atoms with Gasteiger partial charge in [-0.25, -0.2) is 0 Å². The Morgan fingerprint density at radius 2 is 1.71 bits per heavy atom. The van der Waals surface area contributed by atoms with Gasteiger partial charge in [-0.2, -0.15) is 0 Å². The number of rotatable bonds is 2. The van der Waals surface area contributed by atoms with E-state index in [1.54, 1.807) is 0 Å². The van der Waals surface area contributed by atoms with E-state index >= 15 is 0 Å². The zero-order valence-corrected chi connectivity index (χ0v) is 10.9. The fraction of sp³-hybridized carbons (Fsp3) is 1.00. The summed E-state index contributed by atoms with van der Waals surface area (Å²) in [4.78, 5) is 4.84. The quantitative estimate of drug-likeness (QED) is 0.670. The molecular weight excluding hydrogens is 172 g/mol. The van der Waals surface area contributed by atoms with Gasteiger partial charge in [0.05, 0.1) is 0 Å². The molecule has 0 saturated carbocycles. The molecule has 1 aliphatic heterocycles. The second-order valence-corrected chi connectivity index (χ2v) is 6.19. The van der Waals surface area contributed by atoms with Crippen LogP contribution < -0.4 is 0 Å². The van der Waals surface area contributed by atoms with Gasteiger partial charge in [0.25, 0.3) is 0 Å². The van der Waals surface area contributed by atoms with Crippen molar-refractivity contribution in [1.29, 1.82) is 0 Å². The van der Waals surface area contributed by atoms with Crippen LogP contribution in [0.15, 0.2) is 0 Å².